The predicted molar refractivity (Wildman–Crippen MR) is 84.8 cm³/mol. The van der Waals surface area contributed by atoms with Crippen molar-refractivity contribution < 1.29 is 18.7 Å². The van der Waals surface area contributed by atoms with Crippen molar-refractivity contribution in [2.75, 3.05) is 6.61 Å². The molecule has 24 heavy (non-hydrogen) atoms. The summed E-state index contributed by atoms with van der Waals surface area (Å²) >= 11 is 0. The molecule has 1 aromatic heterocycles. The molecule has 0 spiro atoms. The first-order valence-electron chi connectivity index (χ1n) is 7.02. The van der Waals surface area contributed by atoms with Crippen LogP contribution in [-0.2, 0) is 4.79 Å². The lowest BCUT2D eigenvalue weighted by Crippen LogP contribution is -2.18. The molecule has 0 aliphatic carbocycles. The monoisotopic (exact) mass is 321 g/mol. The van der Waals surface area contributed by atoms with Crippen LogP contribution in [0, 0.1) is 11.3 Å². The van der Waals surface area contributed by atoms with Crippen LogP contribution in [0.2, 0.25) is 0 Å². The zero-order valence-electron chi connectivity index (χ0n) is 12.4. The number of carbonyl (C=O) groups excluding carboxylic acids is 1. The molecule has 6 heteroatoms. The highest BCUT2D eigenvalue weighted by Gasteiger charge is 2.09. The third-order valence-corrected chi connectivity index (χ3v) is 3.18. The van der Waals surface area contributed by atoms with Gasteiger partial charge in [-0.3, -0.25) is 0 Å². The van der Waals surface area contributed by atoms with Crippen LogP contribution in [0.5, 0.6) is 11.5 Å². The lowest BCUT2D eigenvalue weighted by atomic mass is 10.2. The Morgan fingerprint density at radius 2 is 1.92 bits per heavy atom. The molecule has 3 rings (SSSR count). The SMILES string of the molecule is N#Cc1ccccc1OCC(=O)Oc1ccc2ccc(=O)oc2c1. The van der Waals surface area contributed by atoms with Gasteiger partial charge in [0.15, 0.2) is 6.61 Å². The molecule has 0 unspecified atom stereocenters. The molecule has 0 bridgehead atoms. The van der Waals surface area contributed by atoms with E-state index in [4.69, 9.17) is 19.2 Å². The van der Waals surface area contributed by atoms with Gasteiger partial charge in [-0.2, -0.15) is 5.26 Å². The Morgan fingerprint density at radius 3 is 2.75 bits per heavy atom. The van der Waals surface area contributed by atoms with Crippen molar-refractivity contribution in [2.24, 2.45) is 0 Å². The van der Waals surface area contributed by atoms with Gasteiger partial charge >= 0.3 is 11.6 Å². The molecule has 0 aliphatic heterocycles. The largest absolute Gasteiger partial charge is 0.481 e. The minimum absolute atomic E-state index is 0.235. The van der Waals surface area contributed by atoms with Gasteiger partial charge in [0.1, 0.15) is 23.2 Å². The second-order valence-electron chi connectivity index (χ2n) is 4.82. The second kappa shape index (κ2) is 6.67. The van der Waals surface area contributed by atoms with Crippen LogP contribution >= 0.6 is 0 Å². The van der Waals surface area contributed by atoms with Gasteiger partial charge in [-0.1, -0.05) is 12.1 Å². The van der Waals surface area contributed by atoms with Gasteiger partial charge in [0.05, 0.1) is 5.56 Å². The Morgan fingerprint density at radius 1 is 1.12 bits per heavy atom. The van der Waals surface area contributed by atoms with Crippen molar-refractivity contribution in [1.82, 2.24) is 0 Å². The van der Waals surface area contributed by atoms with Crippen molar-refractivity contribution in [2.45, 2.75) is 0 Å². The number of nitriles is 1. The lowest BCUT2D eigenvalue weighted by Gasteiger charge is -2.08. The average Bonchev–Trinajstić information content (AvgIpc) is 2.60. The molecular formula is C18H11NO5. The van der Waals surface area contributed by atoms with E-state index in [0.29, 0.717) is 22.3 Å². The van der Waals surface area contributed by atoms with E-state index in [0.717, 1.165) is 0 Å². The molecule has 0 amide bonds. The van der Waals surface area contributed by atoms with E-state index in [1.165, 1.54) is 12.1 Å². The van der Waals surface area contributed by atoms with Gasteiger partial charge in [-0.15, -0.1) is 0 Å². The van der Waals surface area contributed by atoms with Crippen LogP contribution < -0.4 is 15.1 Å². The summed E-state index contributed by atoms with van der Waals surface area (Å²) in [5, 5.41) is 9.68. The van der Waals surface area contributed by atoms with E-state index in [1.807, 2.05) is 6.07 Å². The first kappa shape index (κ1) is 15.3. The number of hydrogen-bond donors (Lipinski definition) is 0. The average molecular weight is 321 g/mol. The molecule has 3 aromatic rings. The summed E-state index contributed by atoms with van der Waals surface area (Å²) in [6, 6.07) is 16.2. The summed E-state index contributed by atoms with van der Waals surface area (Å²) in [5.41, 5.74) is 0.170. The maximum Gasteiger partial charge on any atom is 0.349 e. The molecular weight excluding hydrogens is 310 g/mol. The normalized spacial score (nSPS) is 10.1. The third-order valence-electron chi connectivity index (χ3n) is 3.18. The third kappa shape index (κ3) is 3.42. The Bertz CT molecular complexity index is 1000. The quantitative estimate of drug-likeness (QED) is 0.417. The Balaban J connectivity index is 1.69. The number of ether oxygens (including phenoxy) is 2. The molecule has 0 fully saturated rings. The number of para-hydroxylation sites is 1. The van der Waals surface area contributed by atoms with E-state index >= 15 is 0 Å². The number of carbonyl (C=O) groups is 1. The number of benzene rings is 2. The van der Waals surface area contributed by atoms with Crippen LogP contribution in [0.4, 0.5) is 0 Å². The van der Waals surface area contributed by atoms with Crippen molar-refractivity contribution in [3.05, 3.63) is 70.6 Å². The van der Waals surface area contributed by atoms with Gasteiger partial charge in [-0.05, 0) is 30.3 Å². The first-order valence-corrected chi connectivity index (χ1v) is 7.02. The zero-order valence-corrected chi connectivity index (χ0v) is 12.4. The lowest BCUT2D eigenvalue weighted by molar-refractivity contribution is -0.136. The highest BCUT2D eigenvalue weighted by atomic mass is 16.6. The van der Waals surface area contributed by atoms with Crippen LogP contribution in [0.15, 0.2) is 63.8 Å². The van der Waals surface area contributed by atoms with Crippen LogP contribution in [0.3, 0.4) is 0 Å². The molecule has 0 atom stereocenters. The van der Waals surface area contributed by atoms with Gasteiger partial charge in [0, 0.05) is 17.5 Å². The Kier molecular flexibility index (Phi) is 4.25. The van der Waals surface area contributed by atoms with Gasteiger partial charge < -0.3 is 13.9 Å². The number of hydrogen-bond acceptors (Lipinski definition) is 6. The Hall–Kier alpha value is -3.59. The summed E-state index contributed by atoms with van der Waals surface area (Å²) in [6.07, 6.45) is 0. The minimum atomic E-state index is -0.639. The standard InChI is InChI=1S/C18H11NO5/c19-10-13-3-1-2-4-15(13)22-11-18(21)23-14-7-5-12-6-8-17(20)24-16(12)9-14/h1-9H,11H2. The van der Waals surface area contributed by atoms with Crippen molar-refractivity contribution in [3.8, 4) is 17.6 Å². The summed E-state index contributed by atoms with van der Waals surface area (Å²) in [4.78, 5) is 23.1. The number of fused-ring (bicyclic) bond motifs is 1. The van der Waals surface area contributed by atoms with Crippen molar-refractivity contribution in [1.29, 1.82) is 5.26 Å². The van der Waals surface area contributed by atoms with E-state index in [2.05, 4.69) is 0 Å². The molecule has 1 heterocycles. The fourth-order valence-corrected chi connectivity index (χ4v) is 2.09. The summed E-state index contributed by atoms with van der Waals surface area (Å²) in [7, 11) is 0. The second-order valence-corrected chi connectivity index (χ2v) is 4.82. The van der Waals surface area contributed by atoms with Gasteiger partial charge in [0.2, 0.25) is 0 Å². The van der Waals surface area contributed by atoms with Crippen LogP contribution in [-0.4, -0.2) is 12.6 Å². The molecule has 0 aliphatic rings. The van der Waals surface area contributed by atoms with Crippen LogP contribution in [0.25, 0.3) is 11.0 Å². The topological polar surface area (TPSA) is 89.5 Å². The Labute approximate surface area is 136 Å². The first-order chi connectivity index (χ1) is 11.7. The zero-order chi connectivity index (χ0) is 16.9. The molecule has 118 valence electrons. The van der Waals surface area contributed by atoms with Crippen LogP contribution in [0.1, 0.15) is 5.56 Å². The van der Waals surface area contributed by atoms with Crippen molar-refractivity contribution >= 4 is 16.9 Å². The van der Waals surface area contributed by atoms with E-state index in [-0.39, 0.29) is 12.4 Å². The number of nitrogens with zero attached hydrogens (tertiary/aromatic N) is 1. The fraction of sp³-hybridized carbons (Fsp3) is 0.0556. The maximum absolute atomic E-state index is 11.9. The van der Waals surface area contributed by atoms with Gasteiger partial charge in [-0.25, -0.2) is 9.59 Å². The fourth-order valence-electron chi connectivity index (χ4n) is 2.09. The maximum atomic E-state index is 11.9. The number of esters is 1. The van der Waals surface area contributed by atoms with Gasteiger partial charge in [0.25, 0.3) is 0 Å². The summed E-state index contributed by atoms with van der Waals surface area (Å²) in [6.45, 7) is -0.352. The molecule has 2 aromatic carbocycles. The van der Waals surface area contributed by atoms with Crippen molar-refractivity contribution in [3.63, 3.8) is 0 Å². The highest BCUT2D eigenvalue weighted by Crippen LogP contribution is 2.20. The predicted octanol–water partition coefficient (Wildman–Crippen LogP) is 2.65. The minimum Gasteiger partial charge on any atom is -0.481 e. The summed E-state index contributed by atoms with van der Waals surface area (Å²) < 4.78 is 15.5. The molecule has 6 nitrogen and oxygen atoms in total. The van der Waals surface area contributed by atoms with E-state index in [9.17, 15) is 9.59 Å². The molecule has 0 saturated heterocycles. The van der Waals surface area contributed by atoms with E-state index < -0.39 is 11.6 Å². The number of rotatable bonds is 4. The smallest absolute Gasteiger partial charge is 0.349 e. The summed E-state index contributed by atoms with van der Waals surface area (Å²) in [5.74, 6) is -0.0964. The molecule has 0 radical (unpaired) electrons. The molecule has 0 saturated carbocycles. The van der Waals surface area contributed by atoms with E-state index in [1.54, 1.807) is 42.5 Å². The highest BCUT2D eigenvalue weighted by molar-refractivity contribution is 5.80. The molecule has 0 N–H and O–H groups in total.